The highest BCUT2D eigenvalue weighted by Gasteiger charge is 2.17. The predicted molar refractivity (Wildman–Crippen MR) is 84.7 cm³/mol. The zero-order valence-electron chi connectivity index (χ0n) is 13.3. The van der Waals surface area contributed by atoms with E-state index in [2.05, 4.69) is 46.6 Å². The maximum Gasteiger partial charge on any atom is 0.191 e. The van der Waals surface area contributed by atoms with Gasteiger partial charge in [-0.3, -0.25) is 10.1 Å². The molecule has 0 amide bonds. The number of H-pyrrole nitrogens is 1. The minimum Gasteiger partial charge on any atom is -0.356 e. The normalized spacial score (nSPS) is 12.5. The van der Waals surface area contributed by atoms with Crippen molar-refractivity contribution in [2.24, 2.45) is 10.4 Å². The number of hydrogen-bond acceptors (Lipinski definition) is 2. The van der Waals surface area contributed by atoms with Gasteiger partial charge in [0, 0.05) is 19.8 Å². The Bertz CT molecular complexity index is 381. The first-order valence-electron chi connectivity index (χ1n) is 7.50. The van der Waals surface area contributed by atoms with E-state index in [0.717, 1.165) is 18.2 Å². The molecule has 0 saturated carbocycles. The number of guanidine groups is 1. The van der Waals surface area contributed by atoms with Crippen molar-refractivity contribution in [3.05, 3.63) is 18.0 Å². The fourth-order valence-electron chi connectivity index (χ4n) is 2.05. The molecule has 0 aliphatic rings. The van der Waals surface area contributed by atoms with Crippen molar-refractivity contribution in [2.45, 2.75) is 53.0 Å². The molecule has 0 aliphatic heterocycles. The van der Waals surface area contributed by atoms with Gasteiger partial charge in [-0.1, -0.05) is 40.0 Å². The molecular formula is C15H29N5. The Hall–Kier alpha value is -1.52. The highest BCUT2D eigenvalue weighted by atomic mass is 15.2. The summed E-state index contributed by atoms with van der Waals surface area (Å²) in [7, 11) is 1.80. The van der Waals surface area contributed by atoms with E-state index in [1.165, 1.54) is 25.7 Å². The molecule has 0 atom stereocenters. The van der Waals surface area contributed by atoms with Crippen LogP contribution in [0.15, 0.2) is 17.3 Å². The zero-order valence-corrected chi connectivity index (χ0v) is 13.3. The third-order valence-electron chi connectivity index (χ3n) is 3.42. The van der Waals surface area contributed by atoms with Crippen LogP contribution in [0, 0.1) is 5.41 Å². The van der Waals surface area contributed by atoms with E-state index in [-0.39, 0.29) is 0 Å². The number of aliphatic imine (C=N–C) groups is 1. The summed E-state index contributed by atoms with van der Waals surface area (Å²) in [4.78, 5) is 4.25. The van der Waals surface area contributed by atoms with Crippen molar-refractivity contribution in [3.63, 3.8) is 0 Å². The van der Waals surface area contributed by atoms with Crippen molar-refractivity contribution in [2.75, 3.05) is 13.6 Å². The molecule has 20 heavy (non-hydrogen) atoms. The van der Waals surface area contributed by atoms with Crippen LogP contribution in [0.1, 0.15) is 52.1 Å². The second kappa shape index (κ2) is 8.61. The highest BCUT2D eigenvalue weighted by molar-refractivity contribution is 5.79. The Kier molecular flexibility index (Phi) is 7.12. The molecule has 0 radical (unpaired) electrons. The first-order chi connectivity index (χ1) is 9.57. The van der Waals surface area contributed by atoms with Crippen LogP contribution in [-0.2, 0) is 6.54 Å². The summed E-state index contributed by atoms with van der Waals surface area (Å²) in [5.74, 6) is 0.836. The second-order valence-electron chi connectivity index (χ2n) is 5.98. The van der Waals surface area contributed by atoms with Gasteiger partial charge in [0.1, 0.15) is 0 Å². The lowest BCUT2D eigenvalue weighted by Gasteiger charge is -2.26. The van der Waals surface area contributed by atoms with Gasteiger partial charge in [-0.05, 0) is 17.9 Å². The minimum atomic E-state index is 0.292. The lowest BCUT2D eigenvalue weighted by atomic mass is 9.87. The maximum absolute atomic E-state index is 4.25. The van der Waals surface area contributed by atoms with Gasteiger partial charge in [-0.2, -0.15) is 5.10 Å². The summed E-state index contributed by atoms with van der Waals surface area (Å²) in [5.41, 5.74) is 1.34. The summed E-state index contributed by atoms with van der Waals surface area (Å²) in [6, 6.07) is 1.95. The maximum atomic E-state index is 4.25. The van der Waals surface area contributed by atoms with Gasteiger partial charge in [0.2, 0.25) is 0 Å². The average molecular weight is 279 g/mol. The molecule has 1 aromatic rings. The van der Waals surface area contributed by atoms with E-state index in [4.69, 9.17) is 0 Å². The smallest absolute Gasteiger partial charge is 0.191 e. The van der Waals surface area contributed by atoms with E-state index < -0.39 is 0 Å². The van der Waals surface area contributed by atoms with Crippen LogP contribution in [0.2, 0.25) is 0 Å². The third-order valence-corrected chi connectivity index (χ3v) is 3.42. The molecule has 1 rings (SSSR count). The molecule has 1 heterocycles. The average Bonchev–Trinajstić information content (AvgIpc) is 2.92. The number of hydrogen-bond donors (Lipinski definition) is 3. The number of nitrogens with one attached hydrogen (secondary N) is 3. The number of aromatic nitrogens is 2. The van der Waals surface area contributed by atoms with Crippen LogP contribution in [0.5, 0.6) is 0 Å². The topological polar surface area (TPSA) is 65.1 Å². The lowest BCUT2D eigenvalue weighted by Crippen LogP contribution is -2.41. The molecule has 1 aromatic heterocycles. The van der Waals surface area contributed by atoms with E-state index in [1.807, 2.05) is 6.07 Å². The molecule has 0 fully saturated rings. The Morgan fingerprint density at radius 1 is 1.35 bits per heavy atom. The van der Waals surface area contributed by atoms with Gasteiger partial charge < -0.3 is 10.6 Å². The number of aromatic amines is 1. The predicted octanol–water partition coefficient (Wildman–Crippen LogP) is 2.68. The third kappa shape index (κ3) is 6.59. The fraction of sp³-hybridized carbons (Fsp3) is 0.733. The first kappa shape index (κ1) is 16.5. The molecular weight excluding hydrogens is 250 g/mol. The number of unbranched alkanes of at least 4 members (excludes halogenated alkanes) is 2. The SMILES string of the molecule is CCCCCC(C)(C)CNC(=NC)NCc1ccn[nH]1. The second-order valence-corrected chi connectivity index (χ2v) is 5.98. The Labute approximate surface area is 122 Å². The van der Waals surface area contributed by atoms with Gasteiger partial charge in [0.15, 0.2) is 5.96 Å². The highest BCUT2D eigenvalue weighted by Crippen LogP contribution is 2.22. The van der Waals surface area contributed by atoms with Crippen molar-refractivity contribution < 1.29 is 0 Å². The molecule has 0 spiro atoms. The molecule has 0 aromatic carbocycles. The molecule has 0 bridgehead atoms. The van der Waals surface area contributed by atoms with Crippen LogP contribution < -0.4 is 10.6 Å². The number of nitrogens with zero attached hydrogens (tertiary/aromatic N) is 2. The summed E-state index contributed by atoms with van der Waals surface area (Å²) < 4.78 is 0. The molecule has 5 nitrogen and oxygen atoms in total. The van der Waals surface area contributed by atoms with Gasteiger partial charge in [-0.25, -0.2) is 0 Å². The Morgan fingerprint density at radius 3 is 2.75 bits per heavy atom. The quantitative estimate of drug-likeness (QED) is 0.389. The molecule has 0 saturated heterocycles. The van der Waals surface area contributed by atoms with Gasteiger partial charge in [-0.15, -0.1) is 0 Å². The van der Waals surface area contributed by atoms with Gasteiger partial charge >= 0.3 is 0 Å². The van der Waals surface area contributed by atoms with Crippen molar-refractivity contribution in [1.82, 2.24) is 20.8 Å². The monoisotopic (exact) mass is 279 g/mol. The van der Waals surface area contributed by atoms with E-state index in [0.29, 0.717) is 12.0 Å². The first-order valence-corrected chi connectivity index (χ1v) is 7.50. The standard InChI is InChI=1S/C15H29N5/c1-5-6-7-9-15(2,3)12-18-14(16-4)17-11-13-8-10-19-20-13/h8,10H,5-7,9,11-12H2,1-4H3,(H,19,20)(H2,16,17,18). The minimum absolute atomic E-state index is 0.292. The molecule has 3 N–H and O–H groups in total. The van der Waals surface area contributed by atoms with Gasteiger partial charge in [0.25, 0.3) is 0 Å². The van der Waals surface area contributed by atoms with Crippen LogP contribution in [-0.4, -0.2) is 29.7 Å². The van der Waals surface area contributed by atoms with Gasteiger partial charge in [0.05, 0.1) is 12.2 Å². The number of rotatable bonds is 8. The lowest BCUT2D eigenvalue weighted by molar-refractivity contribution is 0.318. The summed E-state index contributed by atoms with van der Waals surface area (Å²) in [6.45, 7) is 8.48. The molecule has 114 valence electrons. The summed E-state index contributed by atoms with van der Waals surface area (Å²) in [6.07, 6.45) is 6.88. The Morgan fingerprint density at radius 2 is 2.15 bits per heavy atom. The van der Waals surface area contributed by atoms with E-state index >= 15 is 0 Å². The molecule has 0 unspecified atom stereocenters. The van der Waals surface area contributed by atoms with Crippen LogP contribution in [0.4, 0.5) is 0 Å². The van der Waals surface area contributed by atoms with Crippen LogP contribution in [0.25, 0.3) is 0 Å². The Balaban J connectivity index is 2.29. The van der Waals surface area contributed by atoms with E-state index in [9.17, 15) is 0 Å². The summed E-state index contributed by atoms with van der Waals surface area (Å²) >= 11 is 0. The van der Waals surface area contributed by atoms with Crippen LogP contribution in [0.3, 0.4) is 0 Å². The largest absolute Gasteiger partial charge is 0.356 e. The molecule has 5 heteroatoms. The van der Waals surface area contributed by atoms with Crippen LogP contribution >= 0.6 is 0 Å². The van der Waals surface area contributed by atoms with Crippen molar-refractivity contribution >= 4 is 5.96 Å². The van der Waals surface area contributed by atoms with E-state index in [1.54, 1.807) is 13.2 Å². The van der Waals surface area contributed by atoms with Crippen molar-refractivity contribution in [3.8, 4) is 0 Å². The van der Waals surface area contributed by atoms with Crippen molar-refractivity contribution in [1.29, 1.82) is 0 Å². The fourth-order valence-corrected chi connectivity index (χ4v) is 2.05. The molecule has 0 aliphatic carbocycles. The summed E-state index contributed by atoms with van der Waals surface area (Å²) in [5, 5.41) is 13.5. The zero-order chi connectivity index (χ0) is 14.8.